The van der Waals surface area contributed by atoms with Gasteiger partial charge in [-0.05, 0) is 74.4 Å². The Labute approximate surface area is 243 Å². The number of sulfonamides is 1. The van der Waals surface area contributed by atoms with Crippen molar-refractivity contribution >= 4 is 39.3 Å². The minimum Gasteiger partial charge on any atom is -0.354 e. The van der Waals surface area contributed by atoms with Crippen molar-refractivity contribution in [1.82, 2.24) is 10.2 Å². The number of carbonyl (C=O) groups excluding carboxylic acids is 2. The van der Waals surface area contributed by atoms with Crippen molar-refractivity contribution in [3.63, 3.8) is 0 Å². The molecule has 7 nitrogen and oxygen atoms in total. The number of benzene rings is 3. The molecule has 3 aromatic rings. The maximum atomic E-state index is 13.9. The van der Waals surface area contributed by atoms with Crippen LogP contribution in [-0.2, 0) is 26.0 Å². The van der Waals surface area contributed by atoms with Gasteiger partial charge in [-0.2, -0.15) is 0 Å². The Morgan fingerprint density at radius 3 is 2.10 bits per heavy atom. The average molecular weight is 582 g/mol. The van der Waals surface area contributed by atoms with E-state index in [9.17, 15) is 18.0 Å². The van der Waals surface area contributed by atoms with Gasteiger partial charge in [0, 0.05) is 18.0 Å². The predicted molar refractivity (Wildman–Crippen MR) is 163 cm³/mol. The predicted octanol–water partition coefficient (Wildman–Crippen LogP) is 5.14. The first-order valence-corrected chi connectivity index (χ1v) is 16.0. The number of hydrogen-bond donors (Lipinski definition) is 1. The number of nitrogens with one attached hydrogen (secondary N) is 1. The summed E-state index contributed by atoms with van der Waals surface area (Å²) in [6, 6.07) is 22.6. The fourth-order valence-electron chi connectivity index (χ4n) is 4.14. The number of aryl methyl sites for hydroxylation is 1. The zero-order valence-corrected chi connectivity index (χ0v) is 25.5. The van der Waals surface area contributed by atoms with Gasteiger partial charge in [-0.3, -0.25) is 13.9 Å². The summed E-state index contributed by atoms with van der Waals surface area (Å²) in [6.07, 6.45) is 2.45. The Hall–Kier alpha value is -3.30. The summed E-state index contributed by atoms with van der Waals surface area (Å²) in [7, 11) is -4.08. The fraction of sp³-hybridized carbons (Fsp3) is 0.355. The summed E-state index contributed by atoms with van der Waals surface area (Å²) >= 11 is 1.52. The summed E-state index contributed by atoms with van der Waals surface area (Å²) in [4.78, 5) is 29.5. The van der Waals surface area contributed by atoms with Gasteiger partial charge in [-0.1, -0.05) is 61.9 Å². The van der Waals surface area contributed by atoms with Crippen molar-refractivity contribution in [3.05, 3.63) is 90.0 Å². The van der Waals surface area contributed by atoms with Crippen molar-refractivity contribution in [3.8, 4) is 0 Å². The Bertz CT molecular complexity index is 1360. The maximum Gasteiger partial charge on any atom is 0.264 e. The number of carbonyl (C=O) groups is 2. The van der Waals surface area contributed by atoms with E-state index < -0.39 is 28.5 Å². The van der Waals surface area contributed by atoms with Crippen molar-refractivity contribution in [2.45, 2.75) is 49.9 Å². The number of amides is 2. The first-order valence-electron chi connectivity index (χ1n) is 13.4. The highest BCUT2D eigenvalue weighted by Crippen LogP contribution is 2.26. The summed E-state index contributed by atoms with van der Waals surface area (Å²) in [5.74, 6) is -0.468. The van der Waals surface area contributed by atoms with E-state index in [1.54, 1.807) is 43.3 Å². The van der Waals surface area contributed by atoms with E-state index in [2.05, 4.69) is 5.32 Å². The third-order valence-electron chi connectivity index (χ3n) is 6.58. The van der Waals surface area contributed by atoms with Gasteiger partial charge in [-0.25, -0.2) is 8.42 Å². The maximum absolute atomic E-state index is 13.9. The van der Waals surface area contributed by atoms with Crippen LogP contribution in [0.25, 0.3) is 0 Å². The van der Waals surface area contributed by atoms with Crippen LogP contribution in [0.15, 0.2) is 88.7 Å². The molecular formula is C31H39N3O4S2. The molecule has 0 saturated heterocycles. The van der Waals surface area contributed by atoms with Gasteiger partial charge in [0.2, 0.25) is 11.8 Å². The number of hydrogen-bond acceptors (Lipinski definition) is 5. The van der Waals surface area contributed by atoms with E-state index in [1.165, 1.54) is 16.7 Å². The first kappa shape index (κ1) is 31.2. The lowest BCUT2D eigenvalue weighted by Crippen LogP contribution is -2.52. The van der Waals surface area contributed by atoms with Crippen molar-refractivity contribution in [2.75, 3.05) is 30.2 Å². The molecule has 214 valence electrons. The minimum atomic E-state index is -4.08. The molecule has 0 unspecified atom stereocenters. The lowest BCUT2D eigenvalue weighted by atomic mass is 10.1. The summed E-state index contributed by atoms with van der Waals surface area (Å²) < 4.78 is 28.9. The minimum absolute atomic E-state index is 0.0947. The van der Waals surface area contributed by atoms with Crippen LogP contribution in [0, 0.1) is 12.8 Å². The average Bonchev–Trinajstić information content (AvgIpc) is 2.95. The zero-order valence-electron chi connectivity index (χ0n) is 23.8. The third-order valence-corrected chi connectivity index (χ3v) is 9.12. The summed E-state index contributed by atoms with van der Waals surface area (Å²) in [6.45, 7) is 7.91. The second-order valence-electron chi connectivity index (χ2n) is 10.2. The van der Waals surface area contributed by atoms with E-state index in [4.69, 9.17) is 0 Å². The number of thioether (sulfide) groups is 1. The van der Waals surface area contributed by atoms with Crippen LogP contribution in [0.5, 0.6) is 0 Å². The lowest BCUT2D eigenvalue weighted by molar-refractivity contribution is -0.138. The Morgan fingerprint density at radius 1 is 0.900 bits per heavy atom. The van der Waals surface area contributed by atoms with Crippen molar-refractivity contribution in [1.29, 1.82) is 0 Å². The van der Waals surface area contributed by atoms with E-state index in [-0.39, 0.29) is 23.3 Å². The molecule has 3 aromatic carbocycles. The van der Waals surface area contributed by atoms with Gasteiger partial charge in [0.25, 0.3) is 10.0 Å². The van der Waals surface area contributed by atoms with Crippen LogP contribution in [0.1, 0.15) is 31.9 Å². The molecule has 0 fully saturated rings. The molecule has 9 heteroatoms. The number of nitrogens with zero attached hydrogens (tertiary/aromatic N) is 2. The Kier molecular flexibility index (Phi) is 11.2. The van der Waals surface area contributed by atoms with Gasteiger partial charge in [0.1, 0.15) is 12.6 Å². The molecule has 40 heavy (non-hydrogen) atoms. The Morgan fingerprint density at radius 2 is 1.52 bits per heavy atom. The standard InChI is InChI=1S/C31H39N3O4S2/c1-23(2)21-32-31(36)25(4)33(20-19-26-9-7-6-8-10-26)30(35)22-34(27-13-11-24(3)12-14-27)40(37,38)29-17-15-28(39-5)16-18-29/h6-18,23,25H,19-22H2,1-5H3,(H,32,36)/t25-/m0/s1. The number of anilines is 1. The second kappa shape index (κ2) is 14.4. The van der Waals surface area contributed by atoms with Gasteiger partial charge in [-0.15, -0.1) is 11.8 Å². The molecular weight excluding hydrogens is 542 g/mol. The van der Waals surface area contributed by atoms with E-state index in [1.807, 2.05) is 69.5 Å². The van der Waals surface area contributed by atoms with E-state index >= 15 is 0 Å². The fourth-order valence-corrected chi connectivity index (χ4v) is 5.96. The molecule has 1 N–H and O–H groups in total. The highest BCUT2D eigenvalue weighted by molar-refractivity contribution is 7.98. The van der Waals surface area contributed by atoms with Gasteiger partial charge >= 0.3 is 0 Å². The van der Waals surface area contributed by atoms with Gasteiger partial charge in [0.15, 0.2) is 0 Å². The summed E-state index contributed by atoms with van der Waals surface area (Å²) in [5, 5.41) is 2.91. The first-order chi connectivity index (χ1) is 19.0. The molecule has 0 aliphatic rings. The van der Waals surface area contributed by atoms with Crippen LogP contribution < -0.4 is 9.62 Å². The quantitative estimate of drug-likeness (QED) is 0.283. The SMILES string of the molecule is CSc1ccc(S(=O)(=O)N(CC(=O)N(CCc2ccccc2)[C@@H](C)C(=O)NCC(C)C)c2ccc(C)cc2)cc1. The van der Waals surface area contributed by atoms with Crippen molar-refractivity contribution < 1.29 is 18.0 Å². The van der Waals surface area contributed by atoms with Crippen LogP contribution in [0.2, 0.25) is 0 Å². The molecule has 0 aliphatic carbocycles. The van der Waals surface area contributed by atoms with Crippen LogP contribution >= 0.6 is 11.8 Å². The van der Waals surface area contributed by atoms with Crippen molar-refractivity contribution in [2.24, 2.45) is 5.92 Å². The molecule has 0 heterocycles. The molecule has 0 radical (unpaired) electrons. The summed E-state index contributed by atoms with van der Waals surface area (Å²) in [5.41, 5.74) is 2.37. The smallest absolute Gasteiger partial charge is 0.264 e. The monoisotopic (exact) mass is 581 g/mol. The zero-order chi connectivity index (χ0) is 29.3. The lowest BCUT2D eigenvalue weighted by Gasteiger charge is -2.32. The molecule has 1 atom stereocenters. The van der Waals surface area contributed by atoms with Crippen LogP contribution in [-0.4, -0.2) is 57.1 Å². The molecule has 2 amide bonds. The van der Waals surface area contributed by atoms with Gasteiger partial charge < -0.3 is 10.2 Å². The molecule has 0 bridgehead atoms. The Balaban J connectivity index is 1.95. The van der Waals surface area contributed by atoms with E-state index in [0.29, 0.717) is 18.7 Å². The third kappa shape index (κ3) is 8.35. The normalized spacial score (nSPS) is 12.2. The molecule has 0 aliphatic heterocycles. The van der Waals surface area contributed by atoms with E-state index in [0.717, 1.165) is 20.3 Å². The second-order valence-corrected chi connectivity index (χ2v) is 12.9. The highest BCUT2D eigenvalue weighted by atomic mass is 32.2. The molecule has 0 saturated carbocycles. The highest BCUT2D eigenvalue weighted by Gasteiger charge is 2.32. The molecule has 0 spiro atoms. The van der Waals surface area contributed by atoms with Crippen LogP contribution in [0.4, 0.5) is 5.69 Å². The molecule has 0 aromatic heterocycles. The topological polar surface area (TPSA) is 86.8 Å². The molecule has 3 rings (SSSR count). The van der Waals surface area contributed by atoms with Crippen LogP contribution in [0.3, 0.4) is 0 Å². The largest absolute Gasteiger partial charge is 0.354 e. The number of rotatable bonds is 13. The van der Waals surface area contributed by atoms with Gasteiger partial charge in [0.05, 0.1) is 10.6 Å².